The first kappa shape index (κ1) is 18.0. The van der Waals surface area contributed by atoms with Crippen LogP contribution in [0, 0.1) is 5.92 Å². The summed E-state index contributed by atoms with van der Waals surface area (Å²) in [6.45, 7) is 7.27. The molecule has 0 unspecified atom stereocenters. The number of anilines is 1. The number of ketones is 1. The summed E-state index contributed by atoms with van der Waals surface area (Å²) >= 11 is 0. The molecule has 0 bridgehead atoms. The molecule has 0 heterocycles. The van der Waals surface area contributed by atoms with Gasteiger partial charge in [0.25, 0.3) is 0 Å². The molecule has 0 amide bonds. The lowest BCUT2D eigenvalue weighted by Crippen LogP contribution is -2.14. The normalized spacial score (nSPS) is 10.7. The highest BCUT2D eigenvalue weighted by atomic mass is 16.5. The van der Waals surface area contributed by atoms with Crippen LogP contribution in [0.2, 0.25) is 0 Å². The van der Waals surface area contributed by atoms with Crippen LogP contribution in [0.25, 0.3) is 0 Å². The van der Waals surface area contributed by atoms with Crippen molar-refractivity contribution < 1.29 is 14.3 Å². The number of ether oxygens (including phenoxy) is 2. The monoisotopic (exact) mass is 327 g/mol. The Morgan fingerprint density at radius 1 is 1.08 bits per heavy atom. The second-order valence-corrected chi connectivity index (χ2v) is 5.92. The Morgan fingerprint density at radius 3 is 2.50 bits per heavy atom. The molecule has 24 heavy (non-hydrogen) atoms. The van der Waals surface area contributed by atoms with E-state index < -0.39 is 0 Å². The van der Waals surface area contributed by atoms with Crippen molar-refractivity contribution in [1.82, 2.24) is 0 Å². The SMILES string of the molecule is CCNc1cccc(Oc2ccc(COCC(=O)C(C)C)cc2)c1. The summed E-state index contributed by atoms with van der Waals surface area (Å²) in [5.74, 6) is 1.69. The van der Waals surface area contributed by atoms with Gasteiger partial charge in [-0.1, -0.05) is 32.0 Å². The summed E-state index contributed by atoms with van der Waals surface area (Å²) < 4.78 is 11.3. The van der Waals surface area contributed by atoms with Crippen molar-refractivity contribution in [2.45, 2.75) is 27.4 Å². The largest absolute Gasteiger partial charge is 0.457 e. The quantitative estimate of drug-likeness (QED) is 0.728. The predicted octanol–water partition coefficient (Wildman–Crippen LogP) is 4.65. The molecule has 0 spiro atoms. The molecule has 2 aromatic carbocycles. The molecule has 0 aliphatic heterocycles. The molecule has 0 radical (unpaired) electrons. The zero-order chi connectivity index (χ0) is 17.4. The van der Waals surface area contributed by atoms with Gasteiger partial charge < -0.3 is 14.8 Å². The van der Waals surface area contributed by atoms with Gasteiger partial charge in [-0.25, -0.2) is 0 Å². The molecule has 0 atom stereocenters. The fraction of sp³-hybridized carbons (Fsp3) is 0.350. The van der Waals surface area contributed by atoms with E-state index in [-0.39, 0.29) is 18.3 Å². The van der Waals surface area contributed by atoms with Crippen LogP contribution in [0.3, 0.4) is 0 Å². The van der Waals surface area contributed by atoms with Gasteiger partial charge in [0.1, 0.15) is 18.1 Å². The van der Waals surface area contributed by atoms with E-state index in [0.717, 1.165) is 29.3 Å². The highest BCUT2D eigenvalue weighted by molar-refractivity contribution is 5.81. The first-order valence-electron chi connectivity index (χ1n) is 8.29. The average Bonchev–Trinajstić information content (AvgIpc) is 2.57. The summed E-state index contributed by atoms with van der Waals surface area (Å²) in [7, 11) is 0. The highest BCUT2D eigenvalue weighted by Gasteiger charge is 2.07. The lowest BCUT2D eigenvalue weighted by atomic mass is 10.1. The molecule has 0 saturated carbocycles. The van der Waals surface area contributed by atoms with Crippen LogP contribution in [0.15, 0.2) is 48.5 Å². The molecule has 2 aromatic rings. The first-order valence-corrected chi connectivity index (χ1v) is 8.29. The van der Waals surface area contributed by atoms with E-state index in [1.807, 2.05) is 62.4 Å². The summed E-state index contributed by atoms with van der Waals surface area (Å²) in [5, 5.41) is 3.26. The van der Waals surface area contributed by atoms with Crippen molar-refractivity contribution >= 4 is 11.5 Å². The van der Waals surface area contributed by atoms with Crippen molar-refractivity contribution in [3.8, 4) is 11.5 Å². The molecular formula is C20H25NO3. The van der Waals surface area contributed by atoms with Gasteiger partial charge in [0.05, 0.1) is 6.61 Å². The van der Waals surface area contributed by atoms with Crippen LogP contribution >= 0.6 is 0 Å². The van der Waals surface area contributed by atoms with Crippen molar-refractivity contribution in [2.75, 3.05) is 18.5 Å². The molecule has 0 aliphatic rings. The zero-order valence-electron chi connectivity index (χ0n) is 14.5. The minimum absolute atomic E-state index is 0.0127. The van der Waals surface area contributed by atoms with E-state index >= 15 is 0 Å². The molecule has 4 heteroatoms. The standard InChI is InChI=1S/C20H25NO3/c1-4-21-17-6-5-7-19(12-17)24-18-10-8-16(9-11-18)13-23-14-20(22)15(2)3/h5-12,15,21H,4,13-14H2,1-3H3. The molecular weight excluding hydrogens is 302 g/mol. The summed E-state index contributed by atoms with van der Waals surface area (Å²) in [5.41, 5.74) is 2.05. The number of Topliss-reactive ketones (excluding diaryl/α,β-unsaturated/α-hetero) is 1. The van der Waals surface area contributed by atoms with Gasteiger partial charge in [0.15, 0.2) is 5.78 Å². The Balaban J connectivity index is 1.87. The van der Waals surface area contributed by atoms with E-state index in [1.54, 1.807) is 0 Å². The molecule has 0 saturated heterocycles. The van der Waals surface area contributed by atoms with Crippen LogP contribution in [0.5, 0.6) is 11.5 Å². The third-order valence-corrected chi connectivity index (χ3v) is 3.53. The van der Waals surface area contributed by atoms with Crippen LogP contribution in [-0.4, -0.2) is 18.9 Å². The van der Waals surface area contributed by atoms with Gasteiger partial charge >= 0.3 is 0 Å². The average molecular weight is 327 g/mol. The van der Waals surface area contributed by atoms with E-state index in [2.05, 4.69) is 12.2 Å². The van der Waals surface area contributed by atoms with Crippen LogP contribution < -0.4 is 10.1 Å². The fourth-order valence-corrected chi connectivity index (χ4v) is 2.10. The Hall–Kier alpha value is -2.33. The predicted molar refractivity (Wildman–Crippen MR) is 96.6 cm³/mol. The molecule has 0 fully saturated rings. The number of hydrogen-bond acceptors (Lipinski definition) is 4. The van der Waals surface area contributed by atoms with E-state index in [4.69, 9.17) is 9.47 Å². The third kappa shape index (κ3) is 5.70. The lowest BCUT2D eigenvalue weighted by Gasteiger charge is -2.09. The summed E-state index contributed by atoms with van der Waals surface area (Å²) in [4.78, 5) is 11.5. The molecule has 4 nitrogen and oxygen atoms in total. The number of carbonyl (C=O) groups is 1. The maximum Gasteiger partial charge on any atom is 0.160 e. The molecule has 1 N–H and O–H groups in total. The van der Waals surface area contributed by atoms with Crippen LogP contribution in [-0.2, 0) is 16.1 Å². The Kier molecular flexibility index (Phi) is 6.82. The van der Waals surface area contributed by atoms with Crippen molar-refractivity contribution in [3.05, 3.63) is 54.1 Å². The summed E-state index contributed by atoms with van der Waals surface area (Å²) in [6.07, 6.45) is 0. The minimum atomic E-state index is 0.0127. The van der Waals surface area contributed by atoms with Gasteiger partial charge in [0, 0.05) is 24.2 Å². The van der Waals surface area contributed by atoms with Gasteiger partial charge in [0.2, 0.25) is 0 Å². The van der Waals surface area contributed by atoms with Crippen LogP contribution in [0.4, 0.5) is 5.69 Å². The van der Waals surface area contributed by atoms with Gasteiger partial charge in [-0.3, -0.25) is 4.79 Å². The third-order valence-electron chi connectivity index (χ3n) is 3.53. The molecule has 128 valence electrons. The van der Waals surface area contributed by atoms with Crippen molar-refractivity contribution in [2.24, 2.45) is 5.92 Å². The van der Waals surface area contributed by atoms with E-state index in [9.17, 15) is 4.79 Å². The fourth-order valence-electron chi connectivity index (χ4n) is 2.10. The lowest BCUT2D eigenvalue weighted by molar-refractivity contribution is -0.126. The number of carbonyl (C=O) groups excluding carboxylic acids is 1. The van der Waals surface area contributed by atoms with Gasteiger partial charge in [-0.15, -0.1) is 0 Å². The number of benzene rings is 2. The number of rotatable bonds is 9. The first-order chi connectivity index (χ1) is 11.6. The highest BCUT2D eigenvalue weighted by Crippen LogP contribution is 2.24. The van der Waals surface area contributed by atoms with Gasteiger partial charge in [-0.05, 0) is 36.8 Å². The van der Waals surface area contributed by atoms with E-state index in [0.29, 0.717) is 6.61 Å². The Morgan fingerprint density at radius 2 is 1.83 bits per heavy atom. The van der Waals surface area contributed by atoms with Crippen LogP contribution in [0.1, 0.15) is 26.3 Å². The van der Waals surface area contributed by atoms with Crippen molar-refractivity contribution in [3.63, 3.8) is 0 Å². The van der Waals surface area contributed by atoms with Gasteiger partial charge in [-0.2, -0.15) is 0 Å². The Bertz CT molecular complexity index is 650. The number of hydrogen-bond donors (Lipinski definition) is 1. The maximum atomic E-state index is 11.5. The topological polar surface area (TPSA) is 47.6 Å². The Labute approximate surface area is 143 Å². The molecule has 2 rings (SSSR count). The second kappa shape index (κ2) is 9.08. The van der Waals surface area contributed by atoms with E-state index in [1.165, 1.54) is 0 Å². The van der Waals surface area contributed by atoms with Crippen molar-refractivity contribution in [1.29, 1.82) is 0 Å². The second-order valence-electron chi connectivity index (χ2n) is 5.92. The molecule has 0 aromatic heterocycles. The zero-order valence-corrected chi connectivity index (χ0v) is 14.5. The summed E-state index contributed by atoms with van der Waals surface area (Å²) in [6, 6.07) is 15.6. The smallest absolute Gasteiger partial charge is 0.160 e. The number of nitrogens with one attached hydrogen (secondary N) is 1. The molecule has 0 aliphatic carbocycles. The minimum Gasteiger partial charge on any atom is -0.457 e. The maximum absolute atomic E-state index is 11.5.